The molecule has 4 rings (SSSR count). The fourth-order valence-corrected chi connectivity index (χ4v) is 10.1. The summed E-state index contributed by atoms with van der Waals surface area (Å²) in [6.07, 6.45) is 1.99. The van der Waals surface area contributed by atoms with Crippen molar-refractivity contribution in [3.05, 3.63) is 29.8 Å². The van der Waals surface area contributed by atoms with Crippen molar-refractivity contribution in [2.24, 2.45) is 16.2 Å². The molecule has 3 saturated carbocycles. The molecule has 0 N–H and O–H groups in total. The number of anilines is 1. The van der Waals surface area contributed by atoms with Gasteiger partial charge in [-0.3, -0.25) is 4.79 Å². The second-order valence-electron chi connectivity index (χ2n) is 7.69. The lowest BCUT2D eigenvalue weighted by molar-refractivity contribution is -0.158. The first-order valence-electron chi connectivity index (χ1n) is 8.47. The van der Waals surface area contributed by atoms with E-state index in [9.17, 15) is 4.79 Å². The van der Waals surface area contributed by atoms with Crippen LogP contribution in [0.2, 0.25) is 0 Å². The molecule has 1 aromatic carbocycles. The number of hydrogen-bond acceptors (Lipinski definition) is 1. The van der Waals surface area contributed by atoms with Crippen LogP contribution < -0.4 is 4.90 Å². The van der Waals surface area contributed by atoms with Gasteiger partial charge in [0.2, 0.25) is 5.91 Å². The van der Waals surface area contributed by atoms with E-state index in [1.54, 1.807) is 0 Å². The van der Waals surface area contributed by atoms with E-state index in [0.717, 1.165) is 18.5 Å². The molecule has 2 nitrogen and oxygen atoms in total. The maximum atomic E-state index is 13.7. The van der Waals surface area contributed by atoms with E-state index in [0.29, 0.717) is 6.54 Å². The van der Waals surface area contributed by atoms with E-state index in [1.807, 2.05) is 17.0 Å². The van der Waals surface area contributed by atoms with Crippen molar-refractivity contribution in [2.45, 2.75) is 49.1 Å². The SMILES string of the molecule is CCN(C(=O)C12CCC(C(Br)Br)(C1Br)C2(C)C)c1cccc(C)c1. The highest BCUT2D eigenvalue weighted by Gasteiger charge is 2.83. The van der Waals surface area contributed by atoms with Crippen LogP contribution in [0.5, 0.6) is 0 Å². The zero-order chi connectivity index (χ0) is 17.9. The molecule has 132 valence electrons. The third-order valence-electron chi connectivity index (χ3n) is 6.74. The van der Waals surface area contributed by atoms with E-state index < -0.39 is 0 Å². The fourth-order valence-electron chi connectivity index (χ4n) is 5.15. The molecule has 1 amide bonds. The molecular weight excluding hydrogens is 498 g/mol. The number of fused-ring (bicyclic) bond motifs is 1. The lowest BCUT2D eigenvalue weighted by Gasteiger charge is -2.66. The summed E-state index contributed by atoms with van der Waals surface area (Å²) in [5, 5.41) is 0. The molecule has 3 aliphatic rings. The van der Waals surface area contributed by atoms with Gasteiger partial charge in [-0.1, -0.05) is 73.8 Å². The maximum absolute atomic E-state index is 13.7. The molecule has 0 aromatic heterocycles. The monoisotopic (exact) mass is 519 g/mol. The smallest absolute Gasteiger partial charge is 0.234 e. The average Bonchev–Trinajstić information content (AvgIpc) is 2.97. The molecule has 24 heavy (non-hydrogen) atoms. The quantitative estimate of drug-likeness (QED) is 0.443. The maximum Gasteiger partial charge on any atom is 0.234 e. The Labute approximate surface area is 170 Å². The first-order chi connectivity index (χ1) is 11.2. The van der Waals surface area contributed by atoms with Crippen LogP contribution in [0.25, 0.3) is 0 Å². The summed E-state index contributed by atoms with van der Waals surface area (Å²) >= 11 is 11.4. The molecule has 1 aromatic rings. The Morgan fingerprint density at radius 3 is 2.46 bits per heavy atom. The highest BCUT2D eigenvalue weighted by Crippen LogP contribution is 2.82. The second kappa shape index (κ2) is 6.09. The Balaban J connectivity index is 2.01. The molecule has 3 unspecified atom stereocenters. The molecule has 3 aliphatic carbocycles. The largest absolute Gasteiger partial charge is 0.312 e. The molecule has 0 radical (unpaired) electrons. The van der Waals surface area contributed by atoms with Gasteiger partial charge in [0, 0.05) is 22.5 Å². The molecule has 0 spiro atoms. The summed E-state index contributed by atoms with van der Waals surface area (Å²) in [7, 11) is 0. The van der Waals surface area contributed by atoms with Crippen LogP contribution in [0.3, 0.4) is 0 Å². The first kappa shape index (κ1) is 18.9. The van der Waals surface area contributed by atoms with Crippen molar-refractivity contribution in [3.63, 3.8) is 0 Å². The average molecular weight is 522 g/mol. The minimum Gasteiger partial charge on any atom is -0.312 e. The molecule has 0 saturated heterocycles. The van der Waals surface area contributed by atoms with Crippen molar-refractivity contribution < 1.29 is 4.79 Å². The molecule has 0 aliphatic heterocycles. The second-order valence-corrected chi connectivity index (χ2v) is 11.7. The zero-order valence-electron chi connectivity index (χ0n) is 14.6. The van der Waals surface area contributed by atoms with Crippen molar-refractivity contribution in [2.75, 3.05) is 11.4 Å². The van der Waals surface area contributed by atoms with Gasteiger partial charge in [-0.15, -0.1) is 0 Å². The van der Waals surface area contributed by atoms with Gasteiger partial charge in [0.15, 0.2) is 0 Å². The number of nitrogens with zero attached hydrogens (tertiary/aromatic N) is 1. The van der Waals surface area contributed by atoms with Crippen LogP contribution >= 0.6 is 47.8 Å². The molecule has 2 bridgehead atoms. The summed E-state index contributed by atoms with van der Waals surface area (Å²) in [6.45, 7) is 9.34. The predicted molar refractivity (Wildman–Crippen MR) is 111 cm³/mol. The van der Waals surface area contributed by atoms with Gasteiger partial charge in [0.1, 0.15) is 0 Å². The van der Waals surface area contributed by atoms with Crippen LogP contribution in [-0.4, -0.2) is 21.0 Å². The third kappa shape index (κ3) is 2.07. The van der Waals surface area contributed by atoms with Crippen LogP contribution in [0.1, 0.15) is 39.2 Å². The molecule has 3 fully saturated rings. The Morgan fingerprint density at radius 1 is 1.33 bits per heavy atom. The standard InChI is InChI=1S/C19H24Br3NO/c1-5-23(13-8-6-7-12(2)11-13)16(24)19-10-9-18(14(19)20,15(21)22)17(19,3)4/h6-8,11,14-15H,5,9-10H2,1-4H3. The van der Waals surface area contributed by atoms with Crippen molar-refractivity contribution >= 4 is 59.4 Å². The highest BCUT2D eigenvalue weighted by atomic mass is 79.9. The van der Waals surface area contributed by atoms with Crippen molar-refractivity contribution in [3.8, 4) is 0 Å². The summed E-state index contributed by atoms with van der Waals surface area (Å²) in [5.74, 6) is 0.260. The van der Waals surface area contributed by atoms with E-state index in [2.05, 4.69) is 87.6 Å². The number of aryl methyl sites for hydroxylation is 1. The Hall–Kier alpha value is 0.130. The Kier molecular flexibility index (Phi) is 4.80. The number of alkyl halides is 3. The van der Waals surface area contributed by atoms with Crippen LogP contribution in [0.4, 0.5) is 5.69 Å². The summed E-state index contributed by atoms with van der Waals surface area (Å²) in [5.41, 5.74) is 1.84. The van der Waals surface area contributed by atoms with Gasteiger partial charge < -0.3 is 4.90 Å². The van der Waals surface area contributed by atoms with E-state index >= 15 is 0 Å². The van der Waals surface area contributed by atoms with Gasteiger partial charge in [-0.2, -0.15) is 0 Å². The number of benzene rings is 1. The van der Waals surface area contributed by atoms with E-state index in [1.165, 1.54) is 5.56 Å². The number of carbonyl (C=O) groups is 1. The van der Waals surface area contributed by atoms with Gasteiger partial charge in [0.05, 0.1) is 9.15 Å². The fraction of sp³-hybridized carbons (Fsp3) is 0.632. The highest BCUT2D eigenvalue weighted by molar-refractivity contribution is 9.24. The number of halogens is 3. The van der Waals surface area contributed by atoms with Gasteiger partial charge >= 0.3 is 0 Å². The van der Waals surface area contributed by atoms with E-state index in [-0.39, 0.29) is 30.7 Å². The van der Waals surface area contributed by atoms with Crippen LogP contribution in [0.15, 0.2) is 24.3 Å². The molecule has 0 heterocycles. The predicted octanol–water partition coefficient (Wildman–Crippen LogP) is 6.03. The van der Waals surface area contributed by atoms with Crippen LogP contribution in [0, 0.1) is 23.2 Å². The van der Waals surface area contributed by atoms with Crippen molar-refractivity contribution in [1.82, 2.24) is 0 Å². The van der Waals surface area contributed by atoms with Gasteiger partial charge in [0.25, 0.3) is 0 Å². The van der Waals surface area contributed by atoms with E-state index in [4.69, 9.17) is 0 Å². The minimum atomic E-state index is -0.341. The zero-order valence-corrected chi connectivity index (χ0v) is 19.3. The number of rotatable bonds is 4. The van der Waals surface area contributed by atoms with Crippen LogP contribution in [-0.2, 0) is 4.79 Å². The van der Waals surface area contributed by atoms with Gasteiger partial charge in [-0.05, 0) is 49.8 Å². The molecular formula is C19H24Br3NO. The molecule has 5 heteroatoms. The topological polar surface area (TPSA) is 20.3 Å². The van der Waals surface area contributed by atoms with Crippen molar-refractivity contribution in [1.29, 1.82) is 0 Å². The lowest BCUT2D eigenvalue weighted by atomic mass is 9.43. The normalized spacial score (nSPS) is 33.4. The summed E-state index contributed by atoms with van der Waals surface area (Å²) < 4.78 is 0.203. The Morgan fingerprint density at radius 2 is 2.00 bits per heavy atom. The lowest BCUT2D eigenvalue weighted by Crippen LogP contribution is -2.72. The summed E-state index contributed by atoms with van der Waals surface area (Å²) in [4.78, 5) is 15.9. The first-order valence-corrected chi connectivity index (χ1v) is 11.2. The number of amides is 1. The van der Waals surface area contributed by atoms with Gasteiger partial charge in [-0.25, -0.2) is 0 Å². The minimum absolute atomic E-state index is 0.0642. The molecule has 3 atom stereocenters. The summed E-state index contributed by atoms with van der Waals surface area (Å²) in [6, 6.07) is 8.25. The number of hydrogen-bond donors (Lipinski definition) is 0. The Bertz CT molecular complexity index is 674. The third-order valence-corrected chi connectivity index (χ3v) is 9.98. The number of carbonyl (C=O) groups excluding carboxylic acids is 1.